The van der Waals surface area contributed by atoms with E-state index in [1.807, 2.05) is 11.3 Å². The van der Waals surface area contributed by atoms with Crippen molar-refractivity contribution < 1.29 is 0 Å². The van der Waals surface area contributed by atoms with Crippen LogP contribution < -0.4 is 0 Å². The monoisotopic (exact) mass is 342 g/mol. The number of rotatable bonds is 5. The number of halogens is 2. The van der Waals surface area contributed by atoms with Crippen molar-refractivity contribution >= 4 is 38.9 Å². The van der Waals surface area contributed by atoms with Crippen molar-refractivity contribution in [3.8, 4) is 0 Å². The SMILES string of the molecule is CCc1ccc(CC(CCl)c2cccc(Br)c2)s1. The van der Waals surface area contributed by atoms with Crippen molar-refractivity contribution in [2.24, 2.45) is 0 Å². The van der Waals surface area contributed by atoms with Crippen LogP contribution in [0.1, 0.15) is 28.2 Å². The van der Waals surface area contributed by atoms with E-state index >= 15 is 0 Å². The third-order valence-electron chi connectivity index (χ3n) is 3.02. The molecule has 0 aliphatic carbocycles. The Morgan fingerprint density at radius 2 is 2.00 bits per heavy atom. The van der Waals surface area contributed by atoms with Gasteiger partial charge in [0.2, 0.25) is 0 Å². The van der Waals surface area contributed by atoms with E-state index in [1.165, 1.54) is 15.3 Å². The highest BCUT2D eigenvalue weighted by molar-refractivity contribution is 9.10. The van der Waals surface area contributed by atoms with E-state index < -0.39 is 0 Å². The van der Waals surface area contributed by atoms with Gasteiger partial charge in [0.05, 0.1) is 0 Å². The number of alkyl halides is 1. The van der Waals surface area contributed by atoms with E-state index in [9.17, 15) is 0 Å². The van der Waals surface area contributed by atoms with E-state index in [2.05, 4.69) is 59.3 Å². The molecule has 1 atom stereocenters. The predicted molar refractivity (Wildman–Crippen MR) is 85.0 cm³/mol. The van der Waals surface area contributed by atoms with Crippen molar-refractivity contribution in [1.82, 2.24) is 0 Å². The summed E-state index contributed by atoms with van der Waals surface area (Å²) >= 11 is 11.6. The summed E-state index contributed by atoms with van der Waals surface area (Å²) in [6, 6.07) is 12.9. The summed E-state index contributed by atoms with van der Waals surface area (Å²) < 4.78 is 1.12. The lowest BCUT2D eigenvalue weighted by atomic mass is 9.97. The minimum atomic E-state index is 0.396. The molecule has 2 aromatic rings. The van der Waals surface area contributed by atoms with E-state index in [0.717, 1.165) is 17.3 Å². The second-order valence-corrected chi connectivity index (χ2v) is 6.81. The molecule has 0 N–H and O–H groups in total. The Morgan fingerprint density at radius 1 is 1.22 bits per heavy atom. The molecule has 0 radical (unpaired) electrons. The first-order valence-corrected chi connectivity index (χ1v) is 8.26. The summed E-state index contributed by atoms with van der Waals surface area (Å²) in [5.74, 6) is 1.06. The van der Waals surface area contributed by atoms with Crippen molar-refractivity contribution in [3.63, 3.8) is 0 Å². The molecule has 1 unspecified atom stereocenters. The third kappa shape index (κ3) is 3.59. The first kappa shape index (κ1) is 14.1. The van der Waals surface area contributed by atoms with Crippen LogP contribution in [0.4, 0.5) is 0 Å². The van der Waals surface area contributed by atoms with Crippen LogP contribution in [-0.2, 0) is 12.8 Å². The minimum Gasteiger partial charge on any atom is -0.145 e. The van der Waals surface area contributed by atoms with E-state index in [0.29, 0.717) is 11.8 Å². The Kier molecular flexibility index (Phi) is 5.28. The first-order valence-electron chi connectivity index (χ1n) is 6.12. The number of hydrogen-bond donors (Lipinski definition) is 0. The van der Waals surface area contributed by atoms with Crippen LogP contribution in [0.2, 0.25) is 0 Å². The van der Waals surface area contributed by atoms with Crippen molar-refractivity contribution in [2.75, 3.05) is 5.88 Å². The lowest BCUT2D eigenvalue weighted by molar-refractivity contribution is 0.775. The lowest BCUT2D eigenvalue weighted by Crippen LogP contribution is -2.03. The van der Waals surface area contributed by atoms with Gasteiger partial charge in [0.1, 0.15) is 0 Å². The van der Waals surface area contributed by atoms with Crippen molar-refractivity contribution in [3.05, 3.63) is 56.2 Å². The Hall–Kier alpha value is -0.310. The Morgan fingerprint density at radius 3 is 2.61 bits per heavy atom. The minimum absolute atomic E-state index is 0.396. The van der Waals surface area contributed by atoms with Gasteiger partial charge in [-0.1, -0.05) is 35.0 Å². The van der Waals surface area contributed by atoms with Crippen LogP contribution in [0.15, 0.2) is 40.9 Å². The highest BCUT2D eigenvalue weighted by Gasteiger charge is 2.13. The van der Waals surface area contributed by atoms with Gasteiger partial charge in [-0.25, -0.2) is 0 Å². The zero-order valence-electron chi connectivity index (χ0n) is 10.3. The molecule has 0 saturated carbocycles. The standard InChI is InChI=1S/C15H16BrClS/c1-2-14-6-7-15(18-14)9-12(10-17)11-4-3-5-13(16)8-11/h3-8,12H,2,9-10H2,1H3. The first-order chi connectivity index (χ1) is 8.72. The molecule has 1 aromatic carbocycles. The molecule has 3 heteroatoms. The molecular weight excluding hydrogens is 328 g/mol. The molecule has 0 fully saturated rings. The molecule has 18 heavy (non-hydrogen) atoms. The maximum atomic E-state index is 6.13. The average molecular weight is 344 g/mol. The summed E-state index contributed by atoms with van der Waals surface area (Å²) in [7, 11) is 0. The topological polar surface area (TPSA) is 0 Å². The van der Waals surface area contributed by atoms with Gasteiger partial charge < -0.3 is 0 Å². The van der Waals surface area contributed by atoms with Crippen LogP contribution >= 0.6 is 38.9 Å². The fourth-order valence-corrected chi connectivity index (χ4v) is 3.73. The highest BCUT2D eigenvalue weighted by Crippen LogP contribution is 2.28. The van der Waals surface area contributed by atoms with Crippen LogP contribution in [0.3, 0.4) is 0 Å². The summed E-state index contributed by atoms with van der Waals surface area (Å²) in [5, 5.41) is 0. The summed E-state index contributed by atoms with van der Waals surface area (Å²) in [6.07, 6.45) is 2.15. The van der Waals surface area contributed by atoms with Crippen LogP contribution in [-0.4, -0.2) is 5.88 Å². The average Bonchev–Trinajstić information content (AvgIpc) is 2.83. The second-order valence-electron chi connectivity index (χ2n) is 4.33. The molecule has 0 aliphatic rings. The zero-order valence-corrected chi connectivity index (χ0v) is 13.5. The highest BCUT2D eigenvalue weighted by atomic mass is 79.9. The van der Waals surface area contributed by atoms with Gasteiger partial charge in [0.15, 0.2) is 0 Å². The van der Waals surface area contributed by atoms with Crippen molar-refractivity contribution in [1.29, 1.82) is 0 Å². The summed E-state index contributed by atoms with van der Waals surface area (Å²) in [6.45, 7) is 2.20. The van der Waals surface area contributed by atoms with Crippen LogP contribution in [0.25, 0.3) is 0 Å². The van der Waals surface area contributed by atoms with E-state index in [1.54, 1.807) is 0 Å². The Bertz CT molecular complexity index is 507. The molecule has 0 bridgehead atoms. The quantitative estimate of drug-likeness (QED) is 0.616. The van der Waals surface area contributed by atoms with Gasteiger partial charge in [-0.2, -0.15) is 0 Å². The van der Waals surface area contributed by atoms with Gasteiger partial charge in [0.25, 0.3) is 0 Å². The van der Waals surface area contributed by atoms with Gasteiger partial charge >= 0.3 is 0 Å². The van der Waals surface area contributed by atoms with E-state index in [-0.39, 0.29) is 0 Å². The molecular formula is C15H16BrClS. The Labute approximate surface area is 126 Å². The normalized spacial score (nSPS) is 12.6. The predicted octanol–water partition coefficient (Wildman–Crippen LogP) is 5.64. The molecule has 1 heterocycles. The molecule has 1 aromatic heterocycles. The zero-order chi connectivity index (χ0) is 13.0. The smallest absolute Gasteiger partial charge is 0.0295 e. The number of thiophene rings is 1. The summed E-state index contributed by atoms with van der Waals surface area (Å²) in [4.78, 5) is 2.88. The number of hydrogen-bond acceptors (Lipinski definition) is 1. The molecule has 96 valence electrons. The third-order valence-corrected chi connectivity index (χ3v) is 5.14. The fourth-order valence-electron chi connectivity index (χ4n) is 1.99. The van der Waals surface area contributed by atoms with Crippen LogP contribution in [0, 0.1) is 0 Å². The van der Waals surface area contributed by atoms with Gasteiger partial charge in [0, 0.05) is 26.0 Å². The van der Waals surface area contributed by atoms with Crippen molar-refractivity contribution in [2.45, 2.75) is 25.7 Å². The van der Waals surface area contributed by atoms with Gasteiger partial charge in [-0.05, 0) is 42.7 Å². The summed E-state index contributed by atoms with van der Waals surface area (Å²) in [5.41, 5.74) is 1.31. The molecule has 0 amide bonds. The largest absolute Gasteiger partial charge is 0.145 e. The number of benzene rings is 1. The van der Waals surface area contributed by atoms with E-state index in [4.69, 9.17) is 11.6 Å². The molecule has 0 saturated heterocycles. The second kappa shape index (κ2) is 6.74. The van der Waals surface area contributed by atoms with Crippen LogP contribution in [0.5, 0.6) is 0 Å². The molecule has 0 spiro atoms. The molecule has 2 rings (SSSR count). The Balaban J connectivity index is 2.14. The van der Waals surface area contributed by atoms with Gasteiger partial charge in [-0.3, -0.25) is 0 Å². The molecule has 0 aliphatic heterocycles. The maximum Gasteiger partial charge on any atom is 0.0295 e. The fraction of sp³-hybridized carbons (Fsp3) is 0.333. The number of aryl methyl sites for hydroxylation is 1. The van der Waals surface area contributed by atoms with Gasteiger partial charge in [-0.15, -0.1) is 22.9 Å². The lowest BCUT2D eigenvalue weighted by Gasteiger charge is -2.13. The maximum absolute atomic E-state index is 6.13. The molecule has 0 nitrogen and oxygen atoms in total.